The fraction of sp³-hybridized carbons (Fsp3) is 0.348. The second kappa shape index (κ2) is 9.54. The molecule has 1 saturated heterocycles. The van der Waals surface area contributed by atoms with Crippen LogP contribution in [-0.2, 0) is 6.54 Å². The molecule has 1 amide bonds. The Morgan fingerprint density at radius 1 is 1.27 bits per heavy atom. The molecule has 1 fully saturated rings. The molecular formula is C23H27N5O2. The Bertz CT molecular complexity index is 959. The van der Waals surface area contributed by atoms with Gasteiger partial charge in [0.25, 0.3) is 5.91 Å². The number of rotatable bonds is 8. The lowest BCUT2D eigenvalue weighted by Crippen LogP contribution is -2.40. The zero-order valence-electron chi connectivity index (χ0n) is 17.2. The van der Waals surface area contributed by atoms with Crippen LogP contribution < -0.4 is 10.6 Å². The van der Waals surface area contributed by atoms with Crippen LogP contribution in [0.3, 0.4) is 0 Å². The fourth-order valence-electron chi connectivity index (χ4n) is 3.88. The average Bonchev–Trinajstić information content (AvgIpc) is 3.48. The highest BCUT2D eigenvalue weighted by molar-refractivity contribution is 5.99. The molecule has 4 heterocycles. The first kappa shape index (κ1) is 20.1. The first-order valence-corrected chi connectivity index (χ1v) is 10.4. The van der Waals surface area contributed by atoms with Crippen molar-refractivity contribution in [1.29, 1.82) is 0 Å². The highest BCUT2D eigenvalue weighted by Crippen LogP contribution is 2.23. The van der Waals surface area contributed by atoms with Gasteiger partial charge in [0.2, 0.25) is 0 Å². The van der Waals surface area contributed by atoms with E-state index in [0.29, 0.717) is 42.0 Å². The van der Waals surface area contributed by atoms with Crippen molar-refractivity contribution in [3.05, 3.63) is 66.2 Å². The third-order valence-electron chi connectivity index (χ3n) is 5.50. The van der Waals surface area contributed by atoms with Crippen molar-refractivity contribution < 1.29 is 9.21 Å². The van der Waals surface area contributed by atoms with Gasteiger partial charge >= 0.3 is 0 Å². The van der Waals surface area contributed by atoms with E-state index < -0.39 is 0 Å². The number of anilines is 1. The number of nitrogens with one attached hydrogen (secondary N) is 2. The summed E-state index contributed by atoms with van der Waals surface area (Å²) < 4.78 is 5.47. The van der Waals surface area contributed by atoms with Crippen LogP contribution in [0.5, 0.6) is 0 Å². The number of carbonyl (C=O) groups excluding carboxylic acids is 1. The summed E-state index contributed by atoms with van der Waals surface area (Å²) in [6, 6.07) is 11.6. The van der Waals surface area contributed by atoms with Gasteiger partial charge in [0, 0.05) is 31.5 Å². The molecule has 1 aliphatic heterocycles. The summed E-state index contributed by atoms with van der Waals surface area (Å²) in [5.74, 6) is 1.07. The fourth-order valence-corrected chi connectivity index (χ4v) is 3.88. The average molecular weight is 406 g/mol. The zero-order chi connectivity index (χ0) is 20.8. The molecule has 3 aromatic rings. The van der Waals surface area contributed by atoms with E-state index in [9.17, 15) is 4.79 Å². The van der Waals surface area contributed by atoms with E-state index in [4.69, 9.17) is 4.42 Å². The lowest BCUT2D eigenvalue weighted by molar-refractivity contribution is 0.0942. The SMILES string of the molecule is CCN1CCCC1CNC(=O)c1ccc(-c2ccco2)nc1NCc1cccnc1. The van der Waals surface area contributed by atoms with Crippen molar-refractivity contribution in [2.75, 3.05) is 25.0 Å². The third kappa shape index (κ3) is 4.68. The minimum absolute atomic E-state index is 0.120. The predicted octanol–water partition coefficient (Wildman–Crippen LogP) is 3.56. The predicted molar refractivity (Wildman–Crippen MR) is 116 cm³/mol. The smallest absolute Gasteiger partial charge is 0.255 e. The second-order valence-corrected chi connectivity index (χ2v) is 7.42. The number of nitrogens with zero attached hydrogens (tertiary/aromatic N) is 3. The molecule has 4 rings (SSSR count). The molecule has 1 unspecified atom stereocenters. The number of carbonyl (C=O) groups is 1. The van der Waals surface area contributed by atoms with E-state index >= 15 is 0 Å². The first-order chi connectivity index (χ1) is 14.7. The molecule has 0 saturated carbocycles. The summed E-state index contributed by atoms with van der Waals surface area (Å²) in [6.45, 7) is 5.45. The number of aromatic nitrogens is 2. The molecule has 1 atom stereocenters. The summed E-state index contributed by atoms with van der Waals surface area (Å²) in [7, 11) is 0. The molecule has 0 aromatic carbocycles. The van der Waals surface area contributed by atoms with E-state index in [1.807, 2.05) is 30.3 Å². The van der Waals surface area contributed by atoms with Gasteiger partial charge in [-0.3, -0.25) is 14.7 Å². The molecule has 7 heteroatoms. The molecule has 156 valence electrons. The summed E-state index contributed by atoms with van der Waals surface area (Å²) in [5.41, 5.74) is 2.21. The van der Waals surface area contributed by atoms with E-state index in [1.165, 1.54) is 6.42 Å². The summed E-state index contributed by atoms with van der Waals surface area (Å²) in [6.07, 6.45) is 7.45. The Balaban J connectivity index is 1.52. The zero-order valence-corrected chi connectivity index (χ0v) is 17.2. The van der Waals surface area contributed by atoms with Crippen LogP contribution in [-0.4, -0.2) is 46.5 Å². The maximum Gasteiger partial charge on any atom is 0.255 e. The lowest BCUT2D eigenvalue weighted by Gasteiger charge is -2.23. The van der Waals surface area contributed by atoms with Gasteiger partial charge in [-0.05, 0) is 61.8 Å². The molecular weight excluding hydrogens is 378 g/mol. The monoisotopic (exact) mass is 405 g/mol. The van der Waals surface area contributed by atoms with Gasteiger partial charge in [-0.1, -0.05) is 13.0 Å². The Kier molecular flexibility index (Phi) is 6.39. The maximum absolute atomic E-state index is 13.0. The van der Waals surface area contributed by atoms with Crippen LogP contribution in [0.1, 0.15) is 35.7 Å². The highest BCUT2D eigenvalue weighted by atomic mass is 16.3. The number of amides is 1. The van der Waals surface area contributed by atoms with E-state index in [0.717, 1.165) is 25.1 Å². The van der Waals surface area contributed by atoms with Crippen LogP contribution >= 0.6 is 0 Å². The van der Waals surface area contributed by atoms with E-state index in [2.05, 4.69) is 32.4 Å². The van der Waals surface area contributed by atoms with E-state index in [-0.39, 0.29) is 5.91 Å². The Morgan fingerprint density at radius 2 is 2.20 bits per heavy atom. The van der Waals surface area contributed by atoms with Crippen LogP contribution in [0.15, 0.2) is 59.5 Å². The van der Waals surface area contributed by atoms with Crippen molar-refractivity contribution >= 4 is 11.7 Å². The largest absolute Gasteiger partial charge is 0.463 e. The number of pyridine rings is 2. The highest BCUT2D eigenvalue weighted by Gasteiger charge is 2.24. The molecule has 2 N–H and O–H groups in total. The first-order valence-electron chi connectivity index (χ1n) is 10.4. The van der Waals surface area contributed by atoms with Gasteiger partial charge in [-0.15, -0.1) is 0 Å². The van der Waals surface area contributed by atoms with Gasteiger partial charge in [-0.25, -0.2) is 4.98 Å². The Labute approximate surface area is 176 Å². The topological polar surface area (TPSA) is 83.3 Å². The molecule has 3 aromatic heterocycles. The number of furan rings is 1. The van der Waals surface area contributed by atoms with E-state index in [1.54, 1.807) is 24.7 Å². The van der Waals surface area contributed by atoms with Crippen molar-refractivity contribution in [3.8, 4) is 11.5 Å². The lowest BCUT2D eigenvalue weighted by atomic mass is 10.1. The van der Waals surface area contributed by atoms with Crippen LogP contribution in [0.2, 0.25) is 0 Å². The minimum Gasteiger partial charge on any atom is -0.463 e. The molecule has 0 bridgehead atoms. The van der Waals surface area contributed by atoms with Gasteiger partial charge in [0.05, 0.1) is 11.8 Å². The van der Waals surface area contributed by atoms with Crippen LogP contribution in [0.25, 0.3) is 11.5 Å². The summed E-state index contributed by atoms with van der Waals surface area (Å²) in [5, 5.41) is 6.40. The second-order valence-electron chi connectivity index (χ2n) is 7.42. The van der Waals surface area contributed by atoms with Gasteiger partial charge < -0.3 is 15.1 Å². The molecule has 0 aliphatic carbocycles. The normalized spacial score (nSPS) is 16.5. The van der Waals surface area contributed by atoms with Crippen LogP contribution in [0.4, 0.5) is 5.82 Å². The molecule has 30 heavy (non-hydrogen) atoms. The molecule has 7 nitrogen and oxygen atoms in total. The van der Waals surface area contributed by atoms with Gasteiger partial charge in [0.15, 0.2) is 5.76 Å². The van der Waals surface area contributed by atoms with Crippen molar-refractivity contribution in [2.45, 2.75) is 32.4 Å². The number of hydrogen-bond acceptors (Lipinski definition) is 6. The van der Waals surface area contributed by atoms with Crippen molar-refractivity contribution in [1.82, 2.24) is 20.2 Å². The quantitative estimate of drug-likeness (QED) is 0.596. The minimum atomic E-state index is -0.120. The van der Waals surface area contributed by atoms with Crippen LogP contribution in [0, 0.1) is 0 Å². The number of likely N-dealkylation sites (tertiary alicyclic amines) is 1. The number of likely N-dealkylation sites (N-methyl/N-ethyl adjacent to an activating group) is 1. The molecule has 1 aliphatic rings. The molecule has 0 spiro atoms. The van der Waals surface area contributed by atoms with Crippen molar-refractivity contribution in [2.24, 2.45) is 0 Å². The van der Waals surface area contributed by atoms with Crippen molar-refractivity contribution in [3.63, 3.8) is 0 Å². The van der Waals surface area contributed by atoms with Gasteiger partial charge in [-0.2, -0.15) is 0 Å². The number of hydrogen-bond donors (Lipinski definition) is 2. The Hall–Kier alpha value is -3.19. The summed E-state index contributed by atoms with van der Waals surface area (Å²) >= 11 is 0. The van der Waals surface area contributed by atoms with Gasteiger partial charge in [0.1, 0.15) is 11.5 Å². The maximum atomic E-state index is 13.0. The Morgan fingerprint density at radius 3 is 2.97 bits per heavy atom. The summed E-state index contributed by atoms with van der Waals surface area (Å²) in [4.78, 5) is 24.2. The standard InChI is InChI=1S/C23H27N5O2/c1-2-28-12-4-7-18(28)16-26-23(29)19-9-10-20(21-8-5-13-30-21)27-22(19)25-15-17-6-3-11-24-14-17/h3,5-6,8-11,13-14,18H,2,4,7,12,15-16H2,1H3,(H,25,27)(H,26,29). The molecule has 0 radical (unpaired) electrons. The third-order valence-corrected chi connectivity index (χ3v) is 5.50.